The van der Waals surface area contributed by atoms with E-state index in [4.69, 9.17) is 9.47 Å². The van der Waals surface area contributed by atoms with Crippen molar-refractivity contribution in [1.29, 1.82) is 0 Å². The van der Waals surface area contributed by atoms with E-state index in [-0.39, 0.29) is 36.5 Å². The lowest BCUT2D eigenvalue weighted by Crippen LogP contribution is -2.52. The number of ether oxygens (including phenoxy) is 2. The molecule has 3 aliphatic rings. The van der Waals surface area contributed by atoms with Gasteiger partial charge in [-0.1, -0.05) is 0 Å². The van der Waals surface area contributed by atoms with Gasteiger partial charge in [-0.25, -0.2) is 0 Å². The van der Waals surface area contributed by atoms with Gasteiger partial charge in [-0.05, 0) is 49.8 Å². The summed E-state index contributed by atoms with van der Waals surface area (Å²) in [5, 5.41) is 0. The maximum atomic E-state index is 13.2. The molecule has 1 aromatic carbocycles. The van der Waals surface area contributed by atoms with E-state index in [1.165, 1.54) is 0 Å². The molecule has 2 unspecified atom stereocenters. The molecule has 0 aromatic heterocycles. The molecule has 1 aromatic rings. The van der Waals surface area contributed by atoms with Crippen LogP contribution in [0.15, 0.2) is 29.2 Å². The first-order valence-corrected chi connectivity index (χ1v) is 10.9. The van der Waals surface area contributed by atoms with Crippen LogP contribution in [0.2, 0.25) is 0 Å². The van der Waals surface area contributed by atoms with Gasteiger partial charge in [-0.3, -0.25) is 9.59 Å². The minimum absolute atomic E-state index is 0.0205. The van der Waals surface area contributed by atoms with Crippen molar-refractivity contribution < 1.29 is 19.1 Å². The largest absolute Gasteiger partial charge is 0.348 e. The maximum Gasteiger partial charge on any atom is 0.228 e. The van der Waals surface area contributed by atoms with Crippen LogP contribution in [0.25, 0.3) is 0 Å². The first-order valence-electron chi connectivity index (χ1n) is 9.65. The minimum Gasteiger partial charge on any atom is -0.348 e. The molecule has 7 heteroatoms. The van der Waals surface area contributed by atoms with Gasteiger partial charge in [0.2, 0.25) is 11.8 Å². The number of nitrogens with zero attached hydrogens (tertiary/aromatic N) is 2. The normalized spacial score (nSPS) is 26.8. The number of hydrogen-bond donors (Lipinski definition) is 0. The maximum absolute atomic E-state index is 13.2. The number of rotatable bonds is 4. The average molecular weight is 391 g/mol. The Hall–Kier alpha value is -1.57. The van der Waals surface area contributed by atoms with Crippen LogP contribution in [0.5, 0.6) is 0 Å². The lowest BCUT2D eigenvalue weighted by molar-refractivity contribution is -0.154. The van der Waals surface area contributed by atoms with Crippen molar-refractivity contribution in [1.82, 2.24) is 4.90 Å². The predicted molar refractivity (Wildman–Crippen MR) is 104 cm³/mol. The zero-order valence-electron chi connectivity index (χ0n) is 15.6. The number of hydrogen-bond acceptors (Lipinski definition) is 5. The van der Waals surface area contributed by atoms with Crippen molar-refractivity contribution >= 4 is 29.3 Å². The van der Waals surface area contributed by atoms with E-state index in [1.807, 2.05) is 35.4 Å². The molecule has 146 valence electrons. The first-order chi connectivity index (χ1) is 13.2. The lowest BCUT2D eigenvalue weighted by Gasteiger charge is -2.39. The van der Waals surface area contributed by atoms with Crippen molar-refractivity contribution in [3.8, 4) is 0 Å². The Kier molecular flexibility index (Phi) is 5.71. The van der Waals surface area contributed by atoms with Crippen molar-refractivity contribution in [3.05, 3.63) is 24.3 Å². The number of piperidine rings is 1. The second-order valence-corrected chi connectivity index (χ2v) is 8.19. The highest BCUT2D eigenvalue weighted by Gasteiger charge is 2.42. The molecule has 0 N–H and O–H groups in total. The summed E-state index contributed by atoms with van der Waals surface area (Å²) >= 11 is 1.67. The van der Waals surface area contributed by atoms with E-state index >= 15 is 0 Å². The van der Waals surface area contributed by atoms with Crippen molar-refractivity contribution in [2.45, 2.75) is 42.9 Å². The Morgan fingerprint density at radius 1 is 1.15 bits per heavy atom. The van der Waals surface area contributed by atoms with Crippen LogP contribution in [0.4, 0.5) is 5.69 Å². The second kappa shape index (κ2) is 8.20. The zero-order chi connectivity index (χ0) is 18.8. The Morgan fingerprint density at radius 3 is 2.59 bits per heavy atom. The SMILES string of the molecule is CSc1ccc(N2CC(C(=O)N3CCCCC3C3OCCO3)CC2=O)cc1. The van der Waals surface area contributed by atoms with Crippen LogP contribution in [0.3, 0.4) is 0 Å². The van der Waals surface area contributed by atoms with Crippen LogP contribution >= 0.6 is 11.8 Å². The summed E-state index contributed by atoms with van der Waals surface area (Å²) < 4.78 is 11.3. The summed E-state index contributed by atoms with van der Waals surface area (Å²) in [6, 6.07) is 7.91. The van der Waals surface area contributed by atoms with Gasteiger partial charge in [-0.2, -0.15) is 0 Å². The van der Waals surface area contributed by atoms with Gasteiger partial charge >= 0.3 is 0 Å². The highest BCUT2D eigenvalue weighted by Crippen LogP contribution is 2.31. The molecular weight excluding hydrogens is 364 g/mol. The predicted octanol–water partition coefficient (Wildman–Crippen LogP) is 2.52. The van der Waals surface area contributed by atoms with E-state index in [2.05, 4.69) is 0 Å². The van der Waals surface area contributed by atoms with Crippen LogP contribution in [-0.2, 0) is 19.1 Å². The van der Waals surface area contributed by atoms with Crippen LogP contribution < -0.4 is 4.90 Å². The van der Waals surface area contributed by atoms with Crippen LogP contribution in [-0.4, -0.2) is 61.6 Å². The first kappa shape index (κ1) is 18.8. The number of benzene rings is 1. The highest BCUT2D eigenvalue weighted by atomic mass is 32.2. The highest BCUT2D eigenvalue weighted by molar-refractivity contribution is 7.98. The number of anilines is 1. The smallest absolute Gasteiger partial charge is 0.228 e. The molecule has 0 spiro atoms. The fourth-order valence-electron chi connectivity index (χ4n) is 4.23. The fourth-order valence-corrected chi connectivity index (χ4v) is 4.64. The molecule has 3 heterocycles. The fraction of sp³-hybridized carbons (Fsp3) is 0.600. The number of thioether (sulfide) groups is 1. The molecular formula is C20H26N2O4S. The molecule has 0 saturated carbocycles. The van der Waals surface area contributed by atoms with Gasteiger partial charge in [-0.15, -0.1) is 11.8 Å². The Morgan fingerprint density at radius 2 is 1.89 bits per heavy atom. The molecule has 0 aliphatic carbocycles. The summed E-state index contributed by atoms with van der Waals surface area (Å²) in [6.45, 7) is 2.35. The van der Waals surface area contributed by atoms with E-state index in [9.17, 15) is 9.59 Å². The number of likely N-dealkylation sites (tertiary alicyclic amines) is 1. The van der Waals surface area contributed by atoms with Gasteiger partial charge in [0.15, 0.2) is 6.29 Å². The van der Waals surface area contributed by atoms with E-state index in [0.29, 0.717) is 19.8 Å². The minimum atomic E-state index is -0.318. The number of carbonyl (C=O) groups is 2. The summed E-state index contributed by atoms with van der Waals surface area (Å²) in [5.74, 6) is -0.206. The summed E-state index contributed by atoms with van der Waals surface area (Å²) in [5.41, 5.74) is 0.866. The lowest BCUT2D eigenvalue weighted by atomic mass is 9.98. The Bertz CT molecular complexity index is 690. The summed E-state index contributed by atoms with van der Waals surface area (Å²) in [4.78, 5) is 30.6. The molecule has 3 fully saturated rings. The molecule has 4 rings (SSSR count). The molecule has 2 atom stereocenters. The number of carbonyl (C=O) groups excluding carboxylic acids is 2. The van der Waals surface area contributed by atoms with Gasteiger partial charge < -0.3 is 19.3 Å². The quantitative estimate of drug-likeness (QED) is 0.740. The summed E-state index contributed by atoms with van der Waals surface area (Å²) in [7, 11) is 0. The topological polar surface area (TPSA) is 59.1 Å². The zero-order valence-corrected chi connectivity index (χ0v) is 16.5. The van der Waals surface area contributed by atoms with E-state index < -0.39 is 0 Å². The molecule has 2 amide bonds. The van der Waals surface area contributed by atoms with Gasteiger partial charge in [0, 0.05) is 30.1 Å². The van der Waals surface area contributed by atoms with Gasteiger partial charge in [0.1, 0.15) is 0 Å². The van der Waals surface area contributed by atoms with Gasteiger partial charge in [0.05, 0.1) is 25.2 Å². The molecule has 3 aliphatic heterocycles. The number of amides is 2. The van der Waals surface area contributed by atoms with Gasteiger partial charge in [0.25, 0.3) is 0 Å². The third-order valence-corrected chi connectivity index (χ3v) is 6.40. The molecule has 3 saturated heterocycles. The third-order valence-electron chi connectivity index (χ3n) is 5.65. The monoisotopic (exact) mass is 390 g/mol. The van der Waals surface area contributed by atoms with E-state index in [0.717, 1.165) is 36.4 Å². The van der Waals surface area contributed by atoms with Crippen molar-refractivity contribution in [3.63, 3.8) is 0 Å². The summed E-state index contributed by atoms with van der Waals surface area (Å²) in [6.07, 6.45) is 4.96. The van der Waals surface area contributed by atoms with Crippen LogP contribution in [0.1, 0.15) is 25.7 Å². The molecule has 27 heavy (non-hydrogen) atoms. The molecule has 6 nitrogen and oxygen atoms in total. The van der Waals surface area contributed by atoms with Crippen molar-refractivity contribution in [2.75, 3.05) is 37.5 Å². The molecule has 0 bridgehead atoms. The second-order valence-electron chi connectivity index (χ2n) is 7.31. The molecule has 0 radical (unpaired) electrons. The van der Waals surface area contributed by atoms with Crippen molar-refractivity contribution in [2.24, 2.45) is 5.92 Å². The standard InChI is InChI=1S/C20H26N2O4S/c1-27-16-7-5-15(6-8-16)22-13-14(12-18(22)23)19(24)21-9-3-2-4-17(21)20-25-10-11-26-20/h5-8,14,17,20H,2-4,9-13H2,1H3. The Balaban J connectivity index is 1.46. The van der Waals surface area contributed by atoms with Crippen LogP contribution in [0, 0.1) is 5.92 Å². The average Bonchev–Trinajstić information content (AvgIpc) is 3.37. The third kappa shape index (κ3) is 3.86. The van der Waals surface area contributed by atoms with E-state index in [1.54, 1.807) is 16.7 Å². The Labute approximate surface area is 164 Å².